The molecule has 0 aliphatic heterocycles. The van der Waals surface area contributed by atoms with Crippen LogP contribution in [0.2, 0.25) is 0 Å². The minimum atomic E-state index is -0.529. The van der Waals surface area contributed by atoms with Crippen molar-refractivity contribution < 1.29 is 14.5 Å². The van der Waals surface area contributed by atoms with Crippen LogP contribution in [0.3, 0.4) is 0 Å². The molecule has 0 saturated heterocycles. The van der Waals surface area contributed by atoms with Gasteiger partial charge in [-0.05, 0) is 49.1 Å². The van der Waals surface area contributed by atoms with Crippen LogP contribution in [-0.4, -0.2) is 16.7 Å². The molecule has 0 radical (unpaired) electrons. The molecule has 2 N–H and O–H groups in total. The minimum Gasteiger partial charge on any atom is -0.273 e. The molecule has 7 nitrogen and oxygen atoms in total. The summed E-state index contributed by atoms with van der Waals surface area (Å²) in [6, 6.07) is 5.23. The van der Waals surface area contributed by atoms with Gasteiger partial charge in [-0.3, -0.25) is 30.6 Å². The van der Waals surface area contributed by atoms with Crippen LogP contribution in [0.25, 0.3) is 0 Å². The third kappa shape index (κ3) is 3.49. The fraction of sp³-hybridized carbons (Fsp3) is 0.500. The normalized spacial score (nSPS) is 25.1. The summed E-state index contributed by atoms with van der Waals surface area (Å²) in [5, 5.41) is 10.6. The molecule has 2 aliphatic carbocycles. The molecule has 23 heavy (non-hydrogen) atoms. The minimum absolute atomic E-state index is 0.0816. The summed E-state index contributed by atoms with van der Waals surface area (Å²) in [5.74, 6) is 1.22. The van der Waals surface area contributed by atoms with E-state index in [9.17, 15) is 19.7 Å². The molecule has 2 aliphatic rings. The smallest absolute Gasteiger partial charge is 0.269 e. The van der Waals surface area contributed by atoms with Gasteiger partial charge in [-0.15, -0.1) is 0 Å². The number of non-ortho nitro benzene ring substituents is 1. The van der Waals surface area contributed by atoms with Gasteiger partial charge in [0.2, 0.25) is 5.91 Å². The van der Waals surface area contributed by atoms with Crippen LogP contribution in [0.5, 0.6) is 0 Å². The van der Waals surface area contributed by atoms with E-state index in [-0.39, 0.29) is 17.2 Å². The predicted molar refractivity (Wildman–Crippen MR) is 82.3 cm³/mol. The number of nitrogens with one attached hydrogen (secondary N) is 2. The Hall–Kier alpha value is -2.44. The van der Waals surface area contributed by atoms with Gasteiger partial charge in [-0.2, -0.15) is 0 Å². The van der Waals surface area contributed by atoms with Gasteiger partial charge in [0.25, 0.3) is 11.6 Å². The number of benzene rings is 1. The summed E-state index contributed by atoms with van der Waals surface area (Å²) in [5.41, 5.74) is 4.97. The van der Waals surface area contributed by atoms with E-state index < -0.39 is 10.8 Å². The molecular formula is C16H19N3O4. The van der Waals surface area contributed by atoms with Gasteiger partial charge < -0.3 is 0 Å². The van der Waals surface area contributed by atoms with Crippen molar-refractivity contribution in [2.45, 2.75) is 32.1 Å². The average molecular weight is 317 g/mol. The SMILES string of the molecule is O=C(C[C@H]1C[C@H]2CC[C@@H]1C2)NNC(=O)c1ccc([N+](=O)[O-])cc1. The number of carbonyl (C=O) groups is 2. The number of amides is 2. The molecule has 2 saturated carbocycles. The van der Waals surface area contributed by atoms with E-state index in [1.165, 1.54) is 43.5 Å². The zero-order chi connectivity index (χ0) is 16.4. The Kier molecular flexibility index (Phi) is 4.27. The van der Waals surface area contributed by atoms with Crippen LogP contribution < -0.4 is 10.9 Å². The Morgan fingerprint density at radius 3 is 2.43 bits per heavy atom. The number of carbonyl (C=O) groups excluding carboxylic acids is 2. The molecule has 1 aromatic rings. The predicted octanol–water partition coefficient (Wildman–Crippen LogP) is 2.18. The summed E-state index contributed by atoms with van der Waals surface area (Å²) >= 11 is 0. The van der Waals surface area contributed by atoms with Crippen LogP contribution in [-0.2, 0) is 4.79 Å². The summed E-state index contributed by atoms with van der Waals surface area (Å²) in [7, 11) is 0. The molecule has 2 bridgehead atoms. The van der Waals surface area contributed by atoms with Gasteiger partial charge in [0.05, 0.1) is 4.92 Å². The Balaban J connectivity index is 1.46. The first-order valence-corrected chi connectivity index (χ1v) is 7.86. The molecule has 7 heteroatoms. The highest BCUT2D eigenvalue weighted by Gasteiger charge is 2.40. The quantitative estimate of drug-likeness (QED) is 0.656. The molecule has 2 fully saturated rings. The highest BCUT2D eigenvalue weighted by Crippen LogP contribution is 2.49. The van der Waals surface area contributed by atoms with Gasteiger partial charge in [0.1, 0.15) is 0 Å². The number of hydrazine groups is 1. The van der Waals surface area contributed by atoms with Crippen LogP contribution in [0.15, 0.2) is 24.3 Å². The lowest BCUT2D eigenvalue weighted by molar-refractivity contribution is -0.384. The largest absolute Gasteiger partial charge is 0.273 e. The average Bonchev–Trinajstić information content (AvgIpc) is 3.15. The second-order valence-corrected chi connectivity index (χ2v) is 6.45. The number of nitro groups is 1. The van der Waals surface area contributed by atoms with Crippen LogP contribution in [0.4, 0.5) is 5.69 Å². The summed E-state index contributed by atoms with van der Waals surface area (Å²) in [6.45, 7) is 0. The van der Waals surface area contributed by atoms with Crippen LogP contribution in [0.1, 0.15) is 42.5 Å². The molecule has 122 valence electrons. The first kappa shape index (κ1) is 15.5. The fourth-order valence-corrected chi connectivity index (χ4v) is 3.85. The van der Waals surface area contributed by atoms with Crippen molar-refractivity contribution in [3.8, 4) is 0 Å². The van der Waals surface area contributed by atoms with Crippen molar-refractivity contribution >= 4 is 17.5 Å². The molecule has 2 amide bonds. The third-order valence-electron chi connectivity index (χ3n) is 4.99. The highest BCUT2D eigenvalue weighted by molar-refractivity contribution is 5.95. The lowest BCUT2D eigenvalue weighted by atomic mass is 9.86. The lowest BCUT2D eigenvalue weighted by Gasteiger charge is -2.20. The Morgan fingerprint density at radius 1 is 1.13 bits per heavy atom. The number of nitrogens with zero attached hydrogens (tertiary/aromatic N) is 1. The van der Waals surface area contributed by atoms with E-state index in [0.717, 1.165) is 12.3 Å². The van der Waals surface area contributed by atoms with Crippen molar-refractivity contribution in [3.05, 3.63) is 39.9 Å². The molecule has 3 atom stereocenters. The molecule has 0 spiro atoms. The van der Waals surface area contributed by atoms with Crippen LogP contribution >= 0.6 is 0 Å². The maximum Gasteiger partial charge on any atom is 0.269 e. The molecule has 1 aromatic carbocycles. The Labute approximate surface area is 133 Å². The summed E-state index contributed by atoms with van der Waals surface area (Å²) < 4.78 is 0. The van der Waals surface area contributed by atoms with Crippen molar-refractivity contribution in [1.82, 2.24) is 10.9 Å². The first-order chi connectivity index (χ1) is 11.0. The maximum atomic E-state index is 11.9. The second kappa shape index (κ2) is 6.36. The number of nitro benzene ring substituents is 1. The number of hydrogen-bond acceptors (Lipinski definition) is 4. The molecular weight excluding hydrogens is 298 g/mol. The second-order valence-electron chi connectivity index (χ2n) is 6.45. The lowest BCUT2D eigenvalue weighted by Crippen LogP contribution is -2.42. The Bertz CT molecular complexity index is 629. The van der Waals surface area contributed by atoms with E-state index in [2.05, 4.69) is 10.9 Å². The highest BCUT2D eigenvalue weighted by atomic mass is 16.6. The van der Waals surface area contributed by atoms with Gasteiger partial charge in [-0.25, -0.2) is 0 Å². The van der Waals surface area contributed by atoms with Crippen molar-refractivity contribution in [3.63, 3.8) is 0 Å². The fourth-order valence-electron chi connectivity index (χ4n) is 3.85. The summed E-state index contributed by atoms with van der Waals surface area (Å²) in [4.78, 5) is 33.9. The molecule has 0 heterocycles. The van der Waals surface area contributed by atoms with Gasteiger partial charge >= 0.3 is 0 Å². The van der Waals surface area contributed by atoms with Gasteiger partial charge in [0.15, 0.2) is 0 Å². The monoisotopic (exact) mass is 317 g/mol. The van der Waals surface area contributed by atoms with E-state index >= 15 is 0 Å². The zero-order valence-electron chi connectivity index (χ0n) is 12.7. The van der Waals surface area contributed by atoms with E-state index in [0.29, 0.717) is 18.3 Å². The van der Waals surface area contributed by atoms with E-state index in [1.807, 2.05) is 0 Å². The van der Waals surface area contributed by atoms with Gasteiger partial charge in [0, 0.05) is 24.1 Å². The van der Waals surface area contributed by atoms with Crippen LogP contribution in [0, 0.1) is 27.9 Å². The third-order valence-corrected chi connectivity index (χ3v) is 4.99. The van der Waals surface area contributed by atoms with Gasteiger partial charge in [-0.1, -0.05) is 6.42 Å². The van der Waals surface area contributed by atoms with Crippen molar-refractivity contribution in [2.24, 2.45) is 17.8 Å². The molecule has 0 aromatic heterocycles. The maximum absolute atomic E-state index is 11.9. The van der Waals surface area contributed by atoms with E-state index in [1.54, 1.807) is 0 Å². The van der Waals surface area contributed by atoms with Crippen molar-refractivity contribution in [1.29, 1.82) is 0 Å². The van der Waals surface area contributed by atoms with E-state index in [4.69, 9.17) is 0 Å². The zero-order valence-corrected chi connectivity index (χ0v) is 12.7. The van der Waals surface area contributed by atoms with Crippen molar-refractivity contribution in [2.75, 3.05) is 0 Å². The standard InChI is InChI=1S/C16H19N3O4/c20-15(9-13-8-10-1-2-12(13)7-10)17-18-16(21)11-3-5-14(6-4-11)19(22)23/h3-6,10,12-13H,1-2,7-9H2,(H,17,20)(H,18,21)/t10-,12+,13+/m0/s1. The molecule has 3 rings (SSSR count). The molecule has 0 unspecified atom stereocenters. The topological polar surface area (TPSA) is 101 Å². The number of fused-ring (bicyclic) bond motifs is 2. The number of hydrogen-bond donors (Lipinski definition) is 2. The Morgan fingerprint density at radius 2 is 1.87 bits per heavy atom. The number of rotatable bonds is 4. The first-order valence-electron chi connectivity index (χ1n) is 7.86. The summed E-state index contributed by atoms with van der Waals surface area (Å²) in [6.07, 6.45) is 5.32.